The molecular formula is C14H18BrNO. The topological polar surface area (TPSA) is 25.2 Å². The van der Waals surface area contributed by atoms with Crippen molar-refractivity contribution in [2.45, 2.75) is 39.3 Å². The van der Waals surface area contributed by atoms with Crippen LogP contribution in [0.2, 0.25) is 0 Å². The number of benzene rings is 1. The van der Waals surface area contributed by atoms with E-state index in [1.54, 1.807) is 0 Å². The molecule has 1 aromatic heterocycles. The Morgan fingerprint density at radius 1 is 1.41 bits per heavy atom. The summed E-state index contributed by atoms with van der Waals surface area (Å²) < 4.78 is 3.30. The molecule has 1 unspecified atom stereocenters. The van der Waals surface area contributed by atoms with Crippen LogP contribution in [0.15, 0.2) is 28.9 Å². The average Bonchev–Trinajstić information content (AvgIpc) is 2.64. The third kappa shape index (κ3) is 2.55. The van der Waals surface area contributed by atoms with Crippen molar-refractivity contribution >= 4 is 26.8 Å². The summed E-state index contributed by atoms with van der Waals surface area (Å²) in [6.07, 6.45) is 4.01. The van der Waals surface area contributed by atoms with Gasteiger partial charge in [-0.3, -0.25) is 0 Å². The maximum absolute atomic E-state index is 9.82. The first kappa shape index (κ1) is 12.7. The fourth-order valence-corrected chi connectivity index (χ4v) is 2.50. The summed E-state index contributed by atoms with van der Waals surface area (Å²) in [6, 6.07) is 6.25. The van der Waals surface area contributed by atoms with Crippen molar-refractivity contribution in [3.8, 4) is 0 Å². The minimum absolute atomic E-state index is 0.422. The predicted octanol–water partition coefficient (Wildman–Crippen LogP) is 4.26. The molecule has 1 aromatic carbocycles. The Morgan fingerprint density at radius 3 is 2.82 bits per heavy atom. The number of aromatic nitrogens is 1. The summed E-state index contributed by atoms with van der Waals surface area (Å²) >= 11 is 3.49. The van der Waals surface area contributed by atoms with Gasteiger partial charge in [0.25, 0.3) is 0 Å². The lowest BCUT2D eigenvalue weighted by atomic mass is 10.1. The van der Waals surface area contributed by atoms with Crippen LogP contribution in [0, 0.1) is 0 Å². The van der Waals surface area contributed by atoms with Gasteiger partial charge in [0, 0.05) is 33.7 Å². The molecule has 0 aliphatic carbocycles. The molecule has 17 heavy (non-hydrogen) atoms. The zero-order valence-corrected chi connectivity index (χ0v) is 11.9. The molecule has 0 radical (unpaired) electrons. The minimum atomic E-state index is -0.422. The lowest BCUT2D eigenvalue weighted by Crippen LogP contribution is -1.95. The predicted molar refractivity (Wildman–Crippen MR) is 75.2 cm³/mol. The zero-order valence-electron chi connectivity index (χ0n) is 10.3. The average molecular weight is 296 g/mol. The highest BCUT2D eigenvalue weighted by molar-refractivity contribution is 9.10. The number of halogens is 1. The highest BCUT2D eigenvalue weighted by Crippen LogP contribution is 2.29. The van der Waals surface area contributed by atoms with Gasteiger partial charge in [-0.15, -0.1) is 0 Å². The van der Waals surface area contributed by atoms with E-state index in [0.29, 0.717) is 0 Å². The van der Waals surface area contributed by atoms with Gasteiger partial charge in [0.2, 0.25) is 0 Å². The van der Waals surface area contributed by atoms with E-state index in [0.717, 1.165) is 22.0 Å². The number of nitrogens with zero attached hydrogens (tertiary/aromatic N) is 1. The Morgan fingerprint density at radius 2 is 2.18 bits per heavy atom. The number of fused-ring (bicyclic) bond motifs is 1. The van der Waals surface area contributed by atoms with Crippen molar-refractivity contribution in [3.63, 3.8) is 0 Å². The van der Waals surface area contributed by atoms with E-state index in [-0.39, 0.29) is 0 Å². The summed E-state index contributed by atoms with van der Waals surface area (Å²) in [7, 11) is 0. The Balaban J connectivity index is 2.54. The Bertz CT molecular complexity index is 516. The van der Waals surface area contributed by atoms with E-state index in [4.69, 9.17) is 0 Å². The number of aliphatic hydroxyl groups excluding tert-OH is 1. The third-order valence-electron chi connectivity index (χ3n) is 3.08. The van der Waals surface area contributed by atoms with Gasteiger partial charge in [0.1, 0.15) is 0 Å². The highest BCUT2D eigenvalue weighted by atomic mass is 79.9. The molecule has 0 aliphatic heterocycles. The van der Waals surface area contributed by atoms with Crippen LogP contribution >= 0.6 is 15.9 Å². The van der Waals surface area contributed by atoms with E-state index in [2.05, 4.69) is 51.8 Å². The quantitative estimate of drug-likeness (QED) is 0.896. The molecule has 1 N–H and O–H groups in total. The van der Waals surface area contributed by atoms with E-state index in [1.165, 1.54) is 18.4 Å². The molecule has 1 atom stereocenters. The molecular weight excluding hydrogens is 278 g/mol. The largest absolute Gasteiger partial charge is 0.389 e. The summed E-state index contributed by atoms with van der Waals surface area (Å²) in [5.41, 5.74) is 2.22. The number of hydrogen-bond donors (Lipinski definition) is 1. The standard InChI is InChI=1S/C14H18BrNO/c1-3-4-7-16-9-13(10(2)17)12-8-11(15)5-6-14(12)16/h5-6,8-10,17H,3-4,7H2,1-2H3. The van der Waals surface area contributed by atoms with Crippen molar-refractivity contribution in [1.82, 2.24) is 4.57 Å². The highest BCUT2D eigenvalue weighted by Gasteiger charge is 2.12. The Hall–Kier alpha value is -0.800. The molecule has 1 heterocycles. The van der Waals surface area contributed by atoms with Crippen LogP contribution < -0.4 is 0 Å². The lowest BCUT2D eigenvalue weighted by Gasteiger charge is -2.03. The molecule has 0 aliphatic rings. The van der Waals surface area contributed by atoms with Gasteiger partial charge in [-0.25, -0.2) is 0 Å². The summed E-state index contributed by atoms with van der Waals surface area (Å²) in [4.78, 5) is 0. The number of unbranched alkanes of at least 4 members (excludes halogenated alkanes) is 1. The van der Waals surface area contributed by atoms with Crippen LogP contribution in [-0.2, 0) is 6.54 Å². The molecule has 0 spiro atoms. The van der Waals surface area contributed by atoms with Crippen molar-refractivity contribution in [2.24, 2.45) is 0 Å². The second-order valence-electron chi connectivity index (χ2n) is 4.47. The summed E-state index contributed by atoms with van der Waals surface area (Å²) in [6.45, 7) is 5.03. The molecule has 0 saturated carbocycles. The SMILES string of the molecule is CCCCn1cc(C(C)O)c2cc(Br)ccc21. The van der Waals surface area contributed by atoms with Gasteiger partial charge < -0.3 is 9.67 Å². The monoisotopic (exact) mass is 295 g/mol. The van der Waals surface area contributed by atoms with Gasteiger partial charge in [0.15, 0.2) is 0 Å². The van der Waals surface area contributed by atoms with E-state index < -0.39 is 6.10 Å². The molecule has 3 heteroatoms. The van der Waals surface area contributed by atoms with Crippen molar-refractivity contribution in [2.75, 3.05) is 0 Å². The van der Waals surface area contributed by atoms with Crippen LogP contribution in [0.5, 0.6) is 0 Å². The van der Waals surface area contributed by atoms with Crippen molar-refractivity contribution in [3.05, 3.63) is 34.4 Å². The third-order valence-corrected chi connectivity index (χ3v) is 3.57. The van der Waals surface area contributed by atoms with Crippen molar-refractivity contribution in [1.29, 1.82) is 0 Å². The second kappa shape index (κ2) is 5.23. The van der Waals surface area contributed by atoms with Crippen LogP contribution in [0.25, 0.3) is 10.9 Å². The van der Waals surface area contributed by atoms with Gasteiger partial charge >= 0.3 is 0 Å². The van der Waals surface area contributed by atoms with Crippen LogP contribution in [0.3, 0.4) is 0 Å². The molecule has 2 rings (SSSR count). The van der Waals surface area contributed by atoms with E-state index >= 15 is 0 Å². The number of rotatable bonds is 4. The van der Waals surface area contributed by atoms with Gasteiger partial charge in [-0.05, 0) is 31.5 Å². The maximum Gasteiger partial charge on any atom is 0.0782 e. The first-order valence-corrected chi connectivity index (χ1v) is 6.89. The Kier molecular flexibility index (Phi) is 3.89. The van der Waals surface area contributed by atoms with Crippen LogP contribution in [-0.4, -0.2) is 9.67 Å². The molecule has 0 amide bonds. The van der Waals surface area contributed by atoms with Gasteiger partial charge in [0.05, 0.1) is 6.10 Å². The number of hydrogen-bond acceptors (Lipinski definition) is 1. The second-order valence-corrected chi connectivity index (χ2v) is 5.38. The molecule has 92 valence electrons. The van der Waals surface area contributed by atoms with E-state index in [1.807, 2.05) is 6.92 Å². The Labute approximate surface area is 110 Å². The molecule has 2 nitrogen and oxygen atoms in total. The summed E-state index contributed by atoms with van der Waals surface area (Å²) in [5, 5.41) is 11.0. The van der Waals surface area contributed by atoms with Gasteiger partial charge in [-0.2, -0.15) is 0 Å². The molecule has 0 bridgehead atoms. The fraction of sp³-hybridized carbons (Fsp3) is 0.429. The number of aliphatic hydroxyl groups is 1. The number of aryl methyl sites for hydroxylation is 1. The smallest absolute Gasteiger partial charge is 0.0782 e. The first-order chi connectivity index (χ1) is 8.13. The lowest BCUT2D eigenvalue weighted by molar-refractivity contribution is 0.200. The van der Waals surface area contributed by atoms with Crippen LogP contribution in [0.4, 0.5) is 0 Å². The fourth-order valence-electron chi connectivity index (χ4n) is 2.14. The van der Waals surface area contributed by atoms with E-state index in [9.17, 15) is 5.11 Å². The normalized spacial score (nSPS) is 13.2. The summed E-state index contributed by atoms with van der Waals surface area (Å²) in [5.74, 6) is 0. The first-order valence-electron chi connectivity index (χ1n) is 6.10. The molecule has 2 aromatic rings. The maximum atomic E-state index is 9.82. The van der Waals surface area contributed by atoms with Crippen molar-refractivity contribution < 1.29 is 5.11 Å². The molecule has 0 fully saturated rings. The van der Waals surface area contributed by atoms with Crippen LogP contribution in [0.1, 0.15) is 38.4 Å². The zero-order chi connectivity index (χ0) is 12.4. The minimum Gasteiger partial charge on any atom is -0.389 e. The van der Waals surface area contributed by atoms with Gasteiger partial charge in [-0.1, -0.05) is 29.3 Å². The molecule has 0 saturated heterocycles.